The molecule has 23 heavy (non-hydrogen) atoms. The Morgan fingerprint density at radius 1 is 1.00 bits per heavy atom. The molecule has 0 aliphatic carbocycles. The fourth-order valence-corrected chi connectivity index (χ4v) is 2.09. The Hall–Kier alpha value is -2.52. The fraction of sp³-hybridized carbons (Fsp3) is 0.105. The van der Waals surface area contributed by atoms with E-state index >= 15 is 0 Å². The second-order valence-electron chi connectivity index (χ2n) is 4.32. The maximum absolute atomic E-state index is 5.93. The molecular weight excluding hydrogens is 306 g/mol. The van der Waals surface area contributed by atoms with E-state index in [9.17, 15) is 0 Å². The lowest BCUT2D eigenvalue weighted by Crippen LogP contribution is -1.88. The van der Waals surface area contributed by atoms with Crippen molar-refractivity contribution in [3.05, 3.63) is 77.7 Å². The standard InChI is InChI=1S/C9H6ClN.C8H10N2.C2H6/c10-9-3-1-2-7-6-11-5-4-8(7)9;9-6-5-7-3-1-2-4-8(7)10;1-2/h1-6H;1-6H,9-10H2;1-2H3/b;6-5-;. The van der Waals surface area contributed by atoms with Crippen molar-refractivity contribution in [2.45, 2.75) is 13.8 Å². The lowest BCUT2D eigenvalue weighted by atomic mass is 10.2. The molecule has 0 fully saturated rings. The SMILES string of the molecule is CC.Clc1cccc2cnccc12.N/C=C\c1ccccc1N. The van der Waals surface area contributed by atoms with E-state index in [0.717, 1.165) is 27.0 Å². The molecule has 4 heteroatoms. The van der Waals surface area contributed by atoms with E-state index in [-0.39, 0.29) is 0 Å². The average Bonchev–Trinajstić information content (AvgIpc) is 2.60. The molecule has 0 aliphatic heterocycles. The first-order chi connectivity index (χ1) is 11.2. The Labute approximate surface area is 142 Å². The summed E-state index contributed by atoms with van der Waals surface area (Å²) in [6.07, 6.45) is 6.80. The molecule has 3 aromatic rings. The number of para-hydroxylation sites is 1. The highest BCUT2D eigenvalue weighted by molar-refractivity contribution is 6.35. The van der Waals surface area contributed by atoms with Crippen LogP contribution in [0, 0.1) is 0 Å². The van der Waals surface area contributed by atoms with Gasteiger partial charge in [-0.2, -0.15) is 0 Å². The minimum Gasteiger partial charge on any atom is -0.405 e. The van der Waals surface area contributed by atoms with Gasteiger partial charge in [0.1, 0.15) is 0 Å². The second-order valence-corrected chi connectivity index (χ2v) is 4.73. The minimum atomic E-state index is 0.754. The predicted octanol–water partition coefficient (Wildman–Crippen LogP) is 5.11. The predicted molar refractivity (Wildman–Crippen MR) is 102 cm³/mol. The fourth-order valence-electron chi connectivity index (χ4n) is 1.85. The summed E-state index contributed by atoms with van der Waals surface area (Å²) in [5.41, 5.74) is 12.5. The van der Waals surface area contributed by atoms with Gasteiger partial charge in [0.05, 0.1) is 0 Å². The Balaban J connectivity index is 0.000000209. The van der Waals surface area contributed by atoms with Crippen molar-refractivity contribution in [1.29, 1.82) is 0 Å². The van der Waals surface area contributed by atoms with Crippen LogP contribution in [0.4, 0.5) is 5.69 Å². The van der Waals surface area contributed by atoms with E-state index in [1.807, 2.05) is 62.4 Å². The van der Waals surface area contributed by atoms with Crippen molar-refractivity contribution in [2.24, 2.45) is 5.73 Å². The normalized spacial score (nSPS) is 9.70. The summed E-state index contributed by atoms with van der Waals surface area (Å²) in [6, 6.07) is 15.3. The van der Waals surface area contributed by atoms with Crippen LogP contribution in [0.1, 0.15) is 19.4 Å². The third kappa shape index (κ3) is 5.64. The maximum atomic E-state index is 5.93. The summed E-state index contributed by atoms with van der Waals surface area (Å²) in [5, 5.41) is 2.93. The highest BCUT2D eigenvalue weighted by atomic mass is 35.5. The van der Waals surface area contributed by atoms with Crippen molar-refractivity contribution in [3.63, 3.8) is 0 Å². The van der Waals surface area contributed by atoms with Crippen LogP contribution in [-0.4, -0.2) is 4.98 Å². The molecular formula is C19H22ClN3. The van der Waals surface area contributed by atoms with E-state index < -0.39 is 0 Å². The van der Waals surface area contributed by atoms with E-state index in [1.165, 1.54) is 6.20 Å². The van der Waals surface area contributed by atoms with E-state index in [2.05, 4.69) is 4.98 Å². The first kappa shape index (κ1) is 18.5. The number of halogens is 1. The Morgan fingerprint density at radius 2 is 1.74 bits per heavy atom. The lowest BCUT2D eigenvalue weighted by Gasteiger charge is -1.96. The summed E-state index contributed by atoms with van der Waals surface area (Å²) in [6.45, 7) is 4.00. The second kappa shape index (κ2) is 10.2. The third-order valence-corrected chi connectivity index (χ3v) is 3.23. The molecule has 3 nitrogen and oxygen atoms in total. The molecule has 1 aromatic heterocycles. The highest BCUT2D eigenvalue weighted by Gasteiger charge is 1.94. The molecule has 0 spiro atoms. The lowest BCUT2D eigenvalue weighted by molar-refractivity contribution is 1.36. The van der Waals surface area contributed by atoms with Gasteiger partial charge in [0.15, 0.2) is 0 Å². The number of benzene rings is 2. The molecule has 120 valence electrons. The summed E-state index contributed by atoms with van der Waals surface area (Å²) in [4.78, 5) is 4.00. The summed E-state index contributed by atoms with van der Waals surface area (Å²) < 4.78 is 0. The van der Waals surface area contributed by atoms with Gasteiger partial charge >= 0.3 is 0 Å². The van der Waals surface area contributed by atoms with E-state index in [0.29, 0.717) is 0 Å². The molecule has 0 saturated carbocycles. The first-order valence-electron chi connectivity index (χ1n) is 7.43. The molecule has 0 saturated heterocycles. The highest BCUT2D eigenvalue weighted by Crippen LogP contribution is 2.21. The number of nitrogen functional groups attached to an aromatic ring is 1. The topological polar surface area (TPSA) is 64.9 Å². The molecule has 4 N–H and O–H groups in total. The number of nitrogens with two attached hydrogens (primary N) is 2. The zero-order chi connectivity index (χ0) is 17.1. The monoisotopic (exact) mass is 327 g/mol. The average molecular weight is 328 g/mol. The van der Waals surface area contributed by atoms with Gasteiger partial charge in [-0.1, -0.05) is 55.8 Å². The van der Waals surface area contributed by atoms with Gasteiger partial charge in [0.25, 0.3) is 0 Å². The third-order valence-electron chi connectivity index (χ3n) is 2.90. The Bertz CT molecular complexity index is 749. The molecule has 0 unspecified atom stereocenters. The van der Waals surface area contributed by atoms with Crippen LogP contribution in [-0.2, 0) is 0 Å². The molecule has 0 amide bonds. The van der Waals surface area contributed by atoms with Gasteiger partial charge in [-0.05, 0) is 36.0 Å². The van der Waals surface area contributed by atoms with Crippen LogP contribution < -0.4 is 11.5 Å². The van der Waals surface area contributed by atoms with Crippen molar-refractivity contribution < 1.29 is 0 Å². The molecule has 1 heterocycles. The van der Waals surface area contributed by atoms with Gasteiger partial charge in [-0.3, -0.25) is 4.98 Å². The number of rotatable bonds is 1. The van der Waals surface area contributed by atoms with Crippen molar-refractivity contribution in [1.82, 2.24) is 4.98 Å². The van der Waals surface area contributed by atoms with Crippen molar-refractivity contribution >= 4 is 34.1 Å². The van der Waals surface area contributed by atoms with E-state index in [4.69, 9.17) is 23.1 Å². The van der Waals surface area contributed by atoms with Gasteiger partial charge in [0, 0.05) is 33.9 Å². The zero-order valence-corrected chi connectivity index (χ0v) is 14.2. The molecule has 2 aromatic carbocycles. The molecule has 0 bridgehead atoms. The first-order valence-corrected chi connectivity index (χ1v) is 7.81. The number of aromatic nitrogens is 1. The quantitative estimate of drug-likeness (QED) is 0.610. The number of nitrogens with zero attached hydrogens (tertiary/aromatic N) is 1. The van der Waals surface area contributed by atoms with Crippen LogP contribution in [0.15, 0.2) is 67.1 Å². The van der Waals surface area contributed by atoms with Crippen LogP contribution in [0.3, 0.4) is 0 Å². The van der Waals surface area contributed by atoms with E-state index in [1.54, 1.807) is 18.5 Å². The number of pyridine rings is 1. The molecule has 0 atom stereocenters. The minimum absolute atomic E-state index is 0.754. The molecule has 0 aliphatic rings. The Kier molecular flexibility index (Phi) is 8.25. The van der Waals surface area contributed by atoms with Crippen LogP contribution in [0.5, 0.6) is 0 Å². The number of hydrogen-bond acceptors (Lipinski definition) is 3. The van der Waals surface area contributed by atoms with Gasteiger partial charge in [0.2, 0.25) is 0 Å². The zero-order valence-electron chi connectivity index (χ0n) is 13.4. The largest absolute Gasteiger partial charge is 0.405 e. The number of anilines is 1. The Morgan fingerprint density at radius 3 is 2.39 bits per heavy atom. The van der Waals surface area contributed by atoms with Crippen LogP contribution in [0.2, 0.25) is 5.02 Å². The van der Waals surface area contributed by atoms with Crippen molar-refractivity contribution in [2.75, 3.05) is 5.73 Å². The van der Waals surface area contributed by atoms with Crippen LogP contribution >= 0.6 is 11.6 Å². The molecule has 3 rings (SSSR count). The summed E-state index contributed by atoms with van der Waals surface area (Å²) in [5.74, 6) is 0. The van der Waals surface area contributed by atoms with Gasteiger partial charge in [-0.25, -0.2) is 0 Å². The molecule has 0 radical (unpaired) electrons. The maximum Gasteiger partial charge on any atom is 0.0485 e. The number of fused-ring (bicyclic) bond motifs is 1. The van der Waals surface area contributed by atoms with Gasteiger partial charge in [-0.15, -0.1) is 0 Å². The van der Waals surface area contributed by atoms with Crippen LogP contribution in [0.25, 0.3) is 16.8 Å². The van der Waals surface area contributed by atoms with Gasteiger partial charge < -0.3 is 11.5 Å². The number of hydrogen-bond donors (Lipinski definition) is 2. The summed E-state index contributed by atoms with van der Waals surface area (Å²) in [7, 11) is 0. The summed E-state index contributed by atoms with van der Waals surface area (Å²) >= 11 is 5.93. The van der Waals surface area contributed by atoms with Crippen molar-refractivity contribution in [3.8, 4) is 0 Å². The smallest absolute Gasteiger partial charge is 0.0485 e.